The normalized spacial score (nSPS) is 12.1. The van der Waals surface area contributed by atoms with Crippen LogP contribution in [0.4, 0.5) is 5.69 Å². The van der Waals surface area contributed by atoms with Crippen LogP contribution in [0.1, 0.15) is 40.1 Å². The van der Waals surface area contributed by atoms with Gasteiger partial charge in [-0.1, -0.05) is 61.0 Å². The Kier molecular flexibility index (Phi) is 7.56. The smallest absolute Gasteiger partial charge is 0.340 e. The minimum absolute atomic E-state index is 0.0215. The maximum Gasteiger partial charge on any atom is 0.340 e. The number of Topliss-reactive ketones (excluding diaryl/α,β-unsaturated/α-hetero) is 1. The predicted molar refractivity (Wildman–Crippen MR) is 129 cm³/mol. The van der Waals surface area contributed by atoms with E-state index in [-0.39, 0.29) is 21.3 Å². The monoisotopic (exact) mass is 485 g/mol. The molecule has 0 amide bonds. The number of halogens is 1. The van der Waals surface area contributed by atoms with Gasteiger partial charge in [-0.25, -0.2) is 13.2 Å². The molecule has 172 valence electrons. The quantitative estimate of drug-likeness (QED) is 0.325. The van der Waals surface area contributed by atoms with Crippen molar-refractivity contribution < 1.29 is 22.7 Å². The van der Waals surface area contributed by atoms with E-state index in [1.54, 1.807) is 42.5 Å². The van der Waals surface area contributed by atoms with Gasteiger partial charge < -0.3 is 4.74 Å². The molecule has 0 saturated heterocycles. The summed E-state index contributed by atoms with van der Waals surface area (Å²) in [6.07, 6.45) is -0.232. The van der Waals surface area contributed by atoms with Crippen LogP contribution in [0.3, 0.4) is 0 Å². The largest absolute Gasteiger partial charge is 0.451 e. The van der Waals surface area contributed by atoms with E-state index in [9.17, 15) is 18.0 Å². The number of nitrogens with zero attached hydrogens (tertiary/aromatic N) is 1. The number of anilines is 1. The van der Waals surface area contributed by atoms with Crippen molar-refractivity contribution in [3.8, 4) is 0 Å². The highest BCUT2D eigenvalue weighted by Gasteiger charge is 2.26. The van der Waals surface area contributed by atoms with Gasteiger partial charge in [0.25, 0.3) is 10.0 Å². The molecule has 0 bridgehead atoms. The maximum atomic E-state index is 13.1. The van der Waals surface area contributed by atoms with Crippen molar-refractivity contribution in [2.45, 2.75) is 31.3 Å². The number of aryl methyl sites for hydroxylation is 1. The summed E-state index contributed by atoms with van der Waals surface area (Å²) in [5, 5.41) is 0.0215. The Balaban J connectivity index is 1.82. The molecule has 0 N–H and O–H groups in total. The topological polar surface area (TPSA) is 80.8 Å². The van der Waals surface area contributed by atoms with Gasteiger partial charge in [0.15, 0.2) is 6.10 Å². The zero-order valence-corrected chi connectivity index (χ0v) is 20.1. The van der Waals surface area contributed by atoms with Crippen molar-refractivity contribution in [1.82, 2.24) is 0 Å². The molecule has 0 spiro atoms. The van der Waals surface area contributed by atoms with Crippen LogP contribution >= 0.6 is 11.6 Å². The second-order valence-corrected chi connectivity index (χ2v) is 9.79. The molecule has 1 unspecified atom stereocenters. The third-order valence-corrected chi connectivity index (χ3v) is 7.35. The zero-order valence-electron chi connectivity index (χ0n) is 18.5. The van der Waals surface area contributed by atoms with E-state index >= 15 is 0 Å². The Bertz CT molecular complexity index is 1260. The van der Waals surface area contributed by atoms with Crippen molar-refractivity contribution in [3.63, 3.8) is 0 Å². The molecule has 0 saturated carbocycles. The molecule has 6 nitrogen and oxygen atoms in total. The molecule has 3 rings (SSSR count). The van der Waals surface area contributed by atoms with Crippen LogP contribution in [0.2, 0.25) is 5.02 Å². The van der Waals surface area contributed by atoms with Crippen LogP contribution in [0.25, 0.3) is 0 Å². The molecule has 0 radical (unpaired) electrons. The van der Waals surface area contributed by atoms with E-state index in [4.69, 9.17) is 16.3 Å². The second kappa shape index (κ2) is 10.2. The predicted octanol–water partition coefficient (Wildman–Crippen LogP) is 5.16. The van der Waals surface area contributed by atoms with Gasteiger partial charge in [-0.15, -0.1) is 0 Å². The van der Waals surface area contributed by atoms with Crippen LogP contribution in [-0.2, 0) is 21.2 Å². The molecule has 0 heterocycles. The van der Waals surface area contributed by atoms with Gasteiger partial charge in [-0.05, 0) is 49.2 Å². The zero-order chi connectivity index (χ0) is 24.2. The number of para-hydroxylation sites is 1. The van der Waals surface area contributed by atoms with Gasteiger partial charge in [0.1, 0.15) is 0 Å². The fourth-order valence-corrected chi connectivity index (χ4v) is 4.59. The van der Waals surface area contributed by atoms with E-state index < -0.39 is 22.1 Å². The molecule has 0 aromatic heterocycles. The SMILES string of the molecule is CCc1ccc(C(=O)C(C)OC(=O)c2cc(S(=O)(=O)N(C)c3ccccc3)ccc2Cl)cc1. The van der Waals surface area contributed by atoms with Gasteiger partial charge >= 0.3 is 5.97 Å². The summed E-state index contributed by atoms with van der Waals surface area (Å²) in [4.78, 5) is 25.3. The summed E-state index contributed by atoms with van der Waals surface area (Å²) >= 11 is 6.16. The van der Waals surface area contributed by atoms with Crippen molar-refractivity contribution in [1.29, 1.82) is 0 Å². The van der Waals surface area contributed by atoms with Crippen LogP contribution in [-0.4, -0.2) is 33.3 Å². The fourth-order valence-electron chi connectivity index (χ4n) is 3.17. The van der Waals surface area contributed by atoms with Crippen molar-refractivity contribution in [2.75, 3.05) is 11.4 Å². The summed E-state index contributed by atoms with van der Waals surface area (Å²) in [7, 11) is -2.54. The minimum Gasteiger partial charge on any atom is -0.451 e. The molecular weight excluding hydrogens is 462 g/mol. The molecule has 3 aromatic rings. The number of rotatable bonds is 8. The lowest BCUT2D eigenvalue weighted by molar-refractivity contribution is 0.0318. The Morgan fingerprint density at radius 1 is 1.00 bits per heavy atom. The summed E-state index contributed by atoms with van der Waals surface area (Å²) in [6.45, 7) is 3.47. The molecule has 8 heteroatoms. The van der Waals surface area contributed by atoms with Gasteiger partial charge in [-0.3, -0.25) is 9.10 Å². The number of ketones is 1. The first kappa shape index (κ1) is 24.5. The van der Waals surface area contributed by atoms with E-state index in [0.717, 1.165) is 22.4 Å². The number of sulfonamides is 1. The number of benzene rings is 3. The van der Waals surface area contributed by atoms with Crippen molar-refractivity contribution in [3.05, 3.63) is 94.5 Å². The first-order chi connectivity index (χ1) is 15.6. The van der Waals surface area contributed by atoms with Crippen LogP contribution in [0, 0.1) is 0 Å². The Labute approximate surface area is 198 Å². The van der Waals surface area contributed by atoms with E-state index in [0.29, 0.717) is 11.3 Å². The standard InChI is InChI=1S/C25H24ClNO5S/c1-4-18-10-12-19(13-11-18)24(28)17(2)32-25(29)22-16-21(14-15-23(22)26)33(30,31)27(3)20-8-6-5-7-9-20/h5-17H,4H2,1-3H3. The van der Waals surface area contributed by atoms with E-state index in [2.05, 4.69) is 0 Å². The summed E-state index contributed by atoms with van der Waals surface area (Å²) in [5.74, 6) is -1.25. The maximum absolute atomic E-state index is 13.1. The lowest BCUT2D eigenvalue weighted by atomic mass is 10.0. The third kappa shape index (κ3) is 5.43. The highest BCUT2D eigenvalue weighted by atomic mass is 35.5. The molecule has 3 aromatic carbocycles. The number of hydrogen-bond acceptors (Lipinski definition) is 5. The average Bonchev–Trinajstić information content (AvgIpc) is 2.83. The highest BCUT2D eigenvalue weighted by Crippen LogP contribution is 2.26. The Morgan fingerprint density at radius 2 is 1.64 bits per heavy atom. The molecule has 0 aliphatic carbocycles. The summed E-state index contributed by atoms with van der Waals surface area (Å²) in [5.41, 5.74) is 1.82. The molecule has 0 aliphatic rings. The van der Waals surface area contributed by atoms with Gasteiger partial charge in [-0.2, -0.15) is 0 Å². The fraction of sp³-hybridized carbons (Fsp3) is 0.200. The van der Waals surface area contributed by atoms with E-state index in [1.807, 2.05) is 19.1 Å². The van der Waals surface area contributed by atoms with Gasteiger partial charge in [0, 0.05) is 12.6 Å². The molecule has 0 aliphatic heterocycles. The van der Waals surface area contributed by atoms with E-state index in [1.165, 1.54) is 26.1 Å². The number of carbonyl (C=O) groups excluding carboxylic acids is 2. The Morgan fingerprint density at radius 3 is 2.24 bits per heavy atom. The molecular formula is C25H24ClNO5S. The highest BCUT2D eigenvalue weighted by molar-refractivity contribution is 7.92. The van der Waals surface area contributed by atoms with Crippen molar-refractivity contribution in [2.24, 2.45) is 0 Å². The van der Waals surface area contributed by atoms with Gasteiger partial charge in [0.2, 0.25) is 5.78 Å². The number of carbonyl (C=O) groups is 2. The minimum atomic E-state index is -3.96. The first-order valence-electron chi connectivity index (χ1n) is 10.3. The van der Waals surface area contributed by atoms with Crippen molar-refractivity contribution >= 4 is 39.1 Å². The Hall–Kier alpha value is -3.16. The number of esters is 1. The lowest BCUT2D eigenvalue weighted by Gasteiger charge is -2.20. The molecule has 33 heavy (non-hydrogen) atoms. The number of ether oxygens (including phenoxy) is 1. The third-order valence-electron chi connectivity index (χ3n) is 5.24. The van der Waals surface area contributed by atoms with Crippen LogP contribution in [0.15, 0.2) is 77.7 Å². The first-order valence-corrected chi connectivity index (χ1v) is 12.1. The van der Waals surface area contributed by atoms with Gasteiger partial charge in [0.05, 0.1) is 21.2 Å². The second-order valence-electron chi connectivity index (χ2n) is 7.41. The number of hydrogen-bond donors (Lipinski definition) is 0. The summed E-state index contributed by atoms with van der Waals surface area (Å²) in [6, 6.07) is 19.4. The molecule has 0 fully saturated rings. The van der Waals surface area contributed by atoms with Crippen LogP contribution in [0.5, 0.6) is 0 Å². The summed E-state index contributed by atoms with van der Waals surface area (Å²) < 4.78 is 32.6. The average molecular weight is 486 g/mol. The van der Waals surface area contributed by atoms with Crippen LogP contribution < -0.4 is 4.31 Å². The lowest BCUT2D eigenvalue weighted by Crippen LogP contribution is -2.27. The molecule has 1 atom stereocenters.